The number of ether oxygens (including phenoxy) is 2. The zero-order valence-corrected chi connectivity index (χ0v) is 47.0. The summed E-state index contributed by atoms with van der Waals surface area (Å²) in [6.45, 7) is 4.85. The van der Waals surface area contributed by atoms with Crippen LogP contribution in [-0.2, 0) is 23.4 Å². The number of esters is 1. The van der Waals surface area contributed by atoms with Gasteiger partial charge >= 0.3 is 13.8 Å². The maximum absolute atomic E-state index is 12.5. The van der Waals surface area contributed by atoms with Crippen molar-refractivity contribution in [1.82, 2.24) is 0 Å². The van der Waals surface area contributed by atoms with Crippen LogP contribution in [0.25, 0.3) is 0 Å². The number of rotatable bonds is 60. The van der Waals surface area contributed by atoms with Crippen LogP contribution >= 0.6 is 7.82 Å². The van der Waals surface area contributed by atoms with E-state index in [2.05, 4.69) is 18.4 Å². The molecule has 0 aromatic carbocycles. The first-order valence-corrected chi connectivity index (χ1v) is 32.4. The molecule has 0 bridgehead atoms. The molecule has 408 valence electrons. The number of phosphoric ester groups is 1. The minimum Gasteiger partial charge on any atom is -0.457 e. The van der Waals surface area contributed by atoms with Gasteiger partial charge in [-0.2, -0.15) is 0 Å². The van der Waals surface area contributed by atoms with Gasteiger partial charge < -0.3 is 19.3 Å². The summed E-state index contributed by atoms with van der Waals surface area (Å²) in [7, 11) is -4.66. The van der Waals surface area contributed by atoms with Gasteiger partial charge in [-0.3, -0.25) is 9.32 Å². The standard InChI is InChI=1S/C60H121O7P/c1-3-5-7-9-11-13-15-17-19-21-23-24-25-26-27-28-29-30-31-32-33-34-35-36-37-38-39-41-43-45-47-49-51-53-55-60(61)67-59(58-66-68(62,63)64)57-65-56-54-52-50-48-46-44-42-40-22-20-18-16-14-12-10-8-6-4-2/h59H,3-58H2,1-2H3,(H2,62,63,64)/t59-/m1/s1. The summed E-state index contributed by atoms with van der Waals surface area (Å²) in [6.07, 6.45) is 70.3. The van der Waals surface area contributed by atoms with Gasteiger partial charge in [0.15, 0.2) is 0 Å². The summed E-state index contributed by atoms with van der Waals surface area (Å²) in [4.78, 5) is 30.9. The summed E-state index contributed by atoms with van der Waals surface area (Å²) >= 11 is 0. The number of carbonyl (C=O) groups excluding carboxylic acids is 1. The molecule has 2 N–H and O–H groups in total. The van der Waals surface area contributed by atoms with E-state index in [1.165, 1.54) is 302 Å². The second-order valence-electron chi connectivity index (χ2n) is 21.4. The Labute approximate surface area is 425 Å². The van der Waals surface area contributed by atoms with Crippen LogP contribution in [0, 0.1) is 0 Å². The highest BCUT2D eigenvalue weighted by Gasteiger charge is 2.21. The molecule has 0 unspecified atom stereocenters. The maximum atomic E-state index is 12.5. The molecule has 0 spiro atoms. The predicted octanol–water partition coefficient (Wildman–Crippen LogP) is 20.7. The highest BCUT2D eigenvalue weighted by Crippen LogP contribution is 2.36. The van der Waals surface area contributed by atoms with E-state index in [-0.39, 0.29) is 19.2 Å². The average Bonchev–Trinajstić information content (AvgIpc) is 3.32. The summed E-state index contributed by atoms with van der Waals surface area (Å²) in [6, 6.07) is 0. The van der Waals surface area contributed by atoms with Crippen molar-refractivity contribution in [2.75, 3.05) is 19.8 Å². The van der Waals surface area contributed by atoms with E-state index in [0.717, 1.165) is 32.1 Å². The zero-order valence-electron chi connectivity index (χ0n) is 46.1. The lowest BCUT2D eigenvalue weighted by atomic mass is 10.0. The number of unbranched alkanes of at least 4 members (excludes halogenated alkanes) is 50. The molecule has 0 aliphatic heterocycles. The number of phosphoric acid groups is 1. The van der Waals surface area contributed by atoms with Gasteiger partial charge in [0.1, 0.15) is 6.10 Å². The summed E-state index contributed by atoms with van der Waals surface area (Å²) in [5.74, 6) is -0.350. The molecule has 0 aliphatic carbocycles. The molecule has 7 nitrogen and oxygen atoms in total. The smallest absolute Gasteiger partial charge is 0.457 e. The van der Waals surface area contributed by atoms with Crippen LogP contribution in [0.5, 0.6) is 0 Å². The minimum absolute atomic E-state index is 0.0877. The molecule has 0 radical (unpaired) electrons. The molecular weight excluding hydrogens is 864 g/mol. The molecule has 0 amide bonds. The molecule has 0 heterocycles. The Bertz CT molecular complexity index is 1000. The first kappa shape index (κ1) is 67.5. The molecular formula is C60H121O7P. The van der Waals surface area contributed by atoms with Crippen molar-refractivity contribution < 1.29 is 33.1 Å². The molecule has 8 heteroatoms. The molecule has 0 aliphatic rings. The second-order valence-corrected chi connectivity index (χ2v) is 22.6. The lowest BCUT2D eigenvalue weighted by Gasteiger charge is -2.18. The van der Waals surface area contributed by atoms with E-state index in [1.54, 1.807) is 0 Å². The van der Waals surface area contributed by atoms with Crippen molar-refractivity contribution in [3.05, 3.63) is 0 Å². The Morgan fingerprint density at radius 3 is 0.794 bits per heavy atom. The molecule has 0 saturated carbocycles. The van der Waals surface area contributed by atoms with Crippen molar-refractivity contribution >= 4 is 13.8 Å². The van der Waals surface area contributed by atoms with Gasteiger partial charge in [-0.15, -0.1) is 0 Å². The van der Waals surface area contributed by atoms with Gasteiger partial charge in [-0.25, -0.2) is 4.57 Å². The number of carbonyl (C=O) groups is 1. The van der Waals surface area contributed by atoms with E-state index in [9.17, 15) is 19.1 Å². The third-order valence-corrected chi connectivity index (χ3v) is 14.9. The topological polar surface area (TPSA) is 102 Å². The highest BCUT2D eigenvalue weighted by atomic mass is 31.2. The fraction of sp³-hybridized carbons (Fsp3) is 0.983. The largest absolute Gasteiger partial charge is 0.469 e. The molecule has 0 aromatic rings. The van der Waals surface area contributed by atoms with Crippen LogP contribution in [0.2, 0.25) is 0 Å². The number of hydrogen-bond donors (Lipinski definition) is 2. The highest BCUT2D eigenvalue weighted by molar-refractivity contribution is 7.46. The van der Waals surface area contributed by atoms with Crippen molar-refractivity contribution in [2.45, 2.75) is 360 Å². The van der Waals surface area contributed by atoms with Gasteiger partial charge in [0.2, 0.25) is 0 Å². The molecule has 0 saturated heterocycles. The molecule has 1 atom stereocenters. The van der Waals surface area contributed by atoms with Crippen molar-refractivity contribution in [3.8, 4) is 0 Å². The lowest BCUT2D eigenvalue weighted by molar-refractivity contribution is -0.154. The Balaban J connectivity index is 3.53. The molecule has 0 rings (SSSR count). The predicted molar refractivity (Wildman–Crippen MR) is 295 cm³/mol. The third-order valence-electron chi connectivity index (χ3n) is 14.4. The molecule has 0 fully saturated rings. The quantitative estimate of drug-likeness (QED) is 0.0355. The van der Waals surface area contributed by atoms with Crippen molar-refractivity contribution in [2.24, 2.45) is 0 Å². The van der Waals surface area contributed by atoms with Gasteiger partial charge in [-0.1, -0.05) is 335 Å². The zero-order chi connectivity index (χ0) is 49.4. The van der Waals surface area contributed by atoms with Crippen LogP contribution in [0.1, 0.15) is 354 Å². The Morgan fingerprint density at radius 2 is 0.559 bits per heavy atom. The van der Waals surface area contributed by atoms with Crippen LogP contribution in [-0.4, -0.2) is 41.7 Å². The maximum Gasteiger partial charge on any atom is 0.469 e. The fourth-order valence-electron chi connectivity index (χ4n) is 9.86. The van der Waals surface area contributed by atoms with Gasteiger partial charge in [0.25, 0.3) is 0 Å². The SMILES string of the molecule is CCCCCCCCCCCCCCCCCCCCCCCCCCCCCCCCCCCCC(=O)O[C@H](COCCCCCCCCCCCCCCCCCCCC)COP(=O)(O)O. The Hall–Kier alpha value is -0.460. The lowest BCUT2D eigenvalue weighted by Crippen LogP contribution is -2.28. The monoisotopic (exact) mass is 985 g/mol. The van der Waals surface area contributed by atoms with Crippen LogP contribution in [0.3, 0.4) is 0 Å². The van der Waals surface area contributed by atoms with Crippen LogP contribution in [0.15, 0.2) is 0 Å². The van der Waals surface area contributed by atoms with E-state index >= 15 is 0 Å². The normalized spacial score (nSPS) is 12.4. The Morgan fingerprint density at radius 1 is 0.338 bits per heavy atom. The van der Waals surface area contributed by atoms with Crippen molar-refractivity contribution in [1.29, 1.82) is 0 Å². The fourth-order valence-corrected chi connectivity index (χ4v) is 10.2. The summed E-state index contributed by atoms with van der Waals surface area (Å²) in [5, 5.41) is 0. The van der Waals surface area contributed by atoms with E-state index in [0.29, 0.717) is 13.0 Å². The molecule has 0 aromatic heterocycles. The summed E-state index contributed by atoms with van der Waals surface area (Å²) in [5.41, 5.74) is 0. The third kappa shape index (κ3) is 59.8. The van der Waals surface area contributed by atoms with Gasteiger partial charge in [0, 0.05) is 13.0 Å². The molecule has 68 heavy (non-hydrogen) atoms. The van der Waals surface area contributed by atoms with Crippen LogP contribution in [0.4, 0.5) is 0 Å². The Kier molecular flexibility index (Phi) is 57.1. The average molecular weight is 986 g/mol. The van der Waals surface area contributed by atoms with Crippen LogP contribution < -0.4 is 0 Å². The number of hydrogen-bond acceptors (Lipinski definition) is 5. The van der Waals surface area contributed by atoms with Gasteiger partial charge in [-0.05, 0) is 12.8 Å². The van der Waals surface area contributed by atoms with E-state index in [4.69, 9.17) is 9.47 Å². The summed E-state index contributed by atoms with van der Waals surface area (Å²) < 4.78 is 27.2. The van der Waals surface area contributed by atoms with Crippen molar-refractivity contribution in [3.63, 3.8) is 0 Å². The van der Waals surface area contributed by atoms with E-state index < -0.39 is 13.9 Å². The van der Waals surface area contributed by atoms with E-state index in [1.807, 2.05) is 0 Å². The second kappa shape index (κ2) is 57.4. The first-order chi connectivity index (χ1) is 33.4. The first-order valence-electron chi connectivity index (χ1n) is 30.9. The van der Waals surface area contributed by atoms with Gasteiger partial charge in [0.05, 0.1) is 13.2 Å². The minimum atomic E-state index is -4.66.